The first kappa shape index (κ1) is 17.7. The maximum Gasteiger partial charge on any atom is 0.142 e. The van der Waals surface area contributed by atoms with Crippen molar-refractivity contribution < 1.29 is 9.13 Å². The van der Waals surface area contributed by atoms with Gasteiger partial charge in [0.25, 0.3) is 0 Å². The Balaban J connectivity index is 2.40. The molecule has 5 heteroatoms. The van der Waals surface area contributed by atoms with E-state index in [1.807, 2.05) is 20.8 Å². The van der Waals surface area contributed by atoms with Crippen LogP contribution in [0.5, 0.6) is 0 Å². The molecule has 0 aliphatic heterocycles. The second kappa shape index (κ2) is 8.83. The number of halogens is 3. The van der Waals surface area contributed by atoms with E-state index >= 15 is 0 Å². The number of unbranched alkanes of at least 4 members (excludes halogenated alkanes) is 1. The summed E-state index contributed by atoms with van der Waals surface area (Å²) in [5.41, 5.74) is 0.617. The van der Waals surface area contributed by atoms with Gasteiger partial charge in [-0.2, -0.15) is 0 Å². The molecular weight excluding hydrogens is 300 g/mol. The molecule has 1 N–H and O–H groups in total. The van der Waals surface area contributed by atoms with Gasteiger partial charge in [-0.05, 0) is 52.3 Å². The number of rotatable bonds is 8. The third kappa shape index (κ3) is 5.57. The van der Waals surface area contributed by atoms with Crippen molar-refractivity contribution in [1.82, 2.24) is 5.32 Å². The molecule has 0 bridgehead atoms. The van der Waals surface area contributed by atoms with Crippen molar-refractivity contribution in [3.05, 3.63) is 33.6 Å². The molecule has 0 radical (unpaired) electrons. The van der Waals surface area contributed by atoms with Crippen molar-refractivity contribution in [2.24, 2.45) is 0 Å². The summed E-state index contributed by atoms with van der Waals surface area (Å²) in [7, 11) is 0. The maximum absolute atomic E-state index is 13.4. The van der Waals surface area contributed by atoms with Crippen LogP contribution in [0, 0.1) is 5.82 Å². The molecule has 1 atom stereocenters. The summed E-state index contributed by atoms with van der Waals surface area (Å²) in [6.07, 6.45) is 2.25. The summed E-state index contributed by atoms with van der Waals surface area (Å²) in [6, 6.07) is 2.73. The average molecular weight is 322 g/mol. The molecule has 1 aromatic rings. The molecule has 0 fully saturated rings. The lowest BCUT2D eigenvalue weighted by Gasteiger charge is -2.17. The SMILES string of the molecule is CC(C)OCCCCNC(C)c1c(Cl)ccc(F)c1Cl. The summed E-state index contributed by atoms with van der Waals surface area (Å²) < 4.78 is 18.9. The Labute approximate surface area is 130 Å². The highest BCUT2D eigenvalue weighted by atomic mass is 35.5. The smallest absolute Gasteiger partial charge is 0.142 e. The summed E-state index contributed by atoms with van der Waals surface area (Å²) in [5.74, 6) is -0.440. The van der Waals surface area contributed by atoms with Gasteiger partial charge in [0.2, 0.25) is 0 Å². The van der Waals surface area contributed by atoms with E-state index in [0.717, 1.165) is 26.0 Å². The molecule has 2 nitrogen and oxygen atoms in total. The van der Waals surface area contributed by atoms with E-state index in [0.29, 0.717) is 10.6 Å². The Morgan fingerprint density at radius 3 is 2.55 bits per heavy atom. The lowest BCUT2D eigenvalue weighted by atomic mass is 10.1. The normalized spacial score (nSPS) is 12.9. The highest BCUT2D eigenvalue weighted by Crippen LogP contribution is 2.32. The standard InChI is InChI=1S/C15H22Cl2FNO/c1-10(2)20-9-5-4-8-19-11(3)14-12(16)6-7-13(18)15(14)17/h6-7,10-11,19H,4-5,8-9H2,1-3H3. The zero-order chi connectivity index (χ0) is 15.1. The van der Waals surface area contributed by atoms with E-state index in [1.165, 1.54) is 12.1 Å². The second-order valence-corrected chi connectivity index (χ2v) is 5.84. The van der Waals surface area contributed by atoms with E-state index in [-0.39, 0.29) is 17.2 Å². The third-order valence-corrected chi connectivity index (χ3v) is 3.70. The van der Waals surface area contributed by atoms with Crippen molar-refractivity contribution in [2.75, 3.05) is 13.2 Å². The zero-order valence-corrected chi connectivity index (χ0v) is 13.7. The van der Waals surface area contributed by atoms with Gasteiger partial charge in [-0.1, -0.05) is 23.2 Å². The van der Waals surface area contributed by atoms with Gasteiger partial charge in [0, 0.05) is 23.2 Å². The molecule has 0 saturated heterocycles. The van der Waals surface area contributed by atoms with E-state index in [1.54, 1.807) is 0 Å². The van der Waals surface area contributed by atoms with Crippen LogP contribution < -0.4 is 5.32 Å². The van der Waals surface area contributed by atoms with Gasteiger partial charge in [0.05, 0.1) is 11.1 Å². The highest BCUT2D eigenvalue weighted by Gasteiger charge is 2.16. The summed E-state index contributed by atoms with van der Waals surface area (Å²) >= 11 is 12.1. The minimum absolute atomic E-state index is 0.0864. The van der Waals surface area contributed by atoms with Crippen molar-refractivity contribution in [3.8, 4) is 0 Å². The van der Waals surface area contributed by atoms with E-state index in [4.69, 9.17) is 27.9 Å². The largest absolute Gasteiger partial charge is 0.379 e. The van der Waals surface area contributed by atoms with Crippen molar-refractivity contribution in [3.63, 3.8) is 0 Å². The summed E-state index contributed by atoms with van der Waals surface area (Å²) in [4.78, 5) is 0. The number of nitrogens with one attached hydrogen (secondary N) is 1. The molecule has 0 heterocycles. The fourth-order valence-electron chi connectivity index (χ4n) is 1.91. The minimum Gasteiger partial charge on any atom is -0.379 e. The van der Waals surface area contributed by atoms with Gasteiger partial charge in [-0.15, -0.1) is 0 Å². The third-order valence-electron chi connectivity index (χ3n) is 2.99. The lowest BCUT2D eigenvalue weighted by molar-refractivity contribution is 0.0759. The Kier molecular flexibility index (Phi) is 7.82. The first-order valence-electron chi connectivity index (χ1n) is 6.91. The first-order chi connectivity index (χ1) is 9.43. The number of benzene rings is 1. The average Bonchev–Trinajstić information content (AvgIpc) is 2.38. The summed E-state index contributed by atoms with van der Waals surface area (Å²) in [6.45, 7) is 7.54. The molecule has 114 valence electrons. The molecule has 0 spiro atoms. The highest BCUT2D eigenvalue weighted by molar-refractivity contribution is 6.36. The maximum atomic E-state index is 13.4. The van der Waals surface area contributed by atoms with E-state index < -0.39 is 5.82 Å². The second-order valence-electron chi connectivity index (χ2n) is 5.06. The fourth-order valence-corrected chi connectivity index (χ4v) is 2.60. The molecule has 0 amide bonds. The Morgan fingerprint density at radius 1 is 1.20 bits per heavy atom. The van der Waals surface area contributed by atoms with Crippen molar-refractivity contribution >= 4 is 23.2 Å². The Morgan fingerprint density at radius 2 is 1.90 bits per heavy atom. The van der Waals surface area contributed by atoms with Crippen LogP contribution in [0.25, 0.3) is 0 Å². The van der Waals surface area contributed by atoms with E-state index in [9.17, 15) is 4.39 Å². The van der Waals surface area contributed by atoms with Crippen LogP contribution in [0.4, 0.5) is 4.39 Å². The van der Waals surface area contributed by atoms with Crippen LogP contribution in [0.15, 0.2) is 12.1 Å². The first-order valence-corrected chi connectivity index (χ1v) is 7.67. The Bertz CT molecular complexity index is 427. The zero-order valence-electron chi connectivity index (χ0n) is 12.2. The topological polar surface area (TPSA) is 21.3 Å². The van der Waals surface area contributed by atoms with Crippen LogP contribution in [0.3, 0.4) is 0 Å². The fraction of sp³-hybridized carbons (Fsp3) is 0.600. The number of hydrogen-bond donors (Lipinski definition) is 1. The predicted molar refractivity (Wildman–Crippen MR) is 83.2 cm³/mol. The molecule has 1 rings (SSSR count). The molecule has 0 saturated carbocycles. The number of ether oxygens (including phenoxy) is 1. The van der Waals surface area contributed by atoms with Crippen molar-refractivity contribution in [2.45, 2.75) is 45.8 Å². The predicted octanol–water partition coefficient (Wildman–Crippen LogP) is 4.99. The quantitative estimate of drug-likeness (QED) is 0.538. The molecule has 1 unspecified atom stereocenters. The van der Waals surface area contributed by atoms with Gasteiger partial charge in [-0.25, -0.2) is 4.39 Å². The Hall–Kier alpha value is -0.350. The van der Waals surface area contributed by atoms with Crippen LogP contribution in [-0.2, 0) is 4.74 Å². The van der Waals surface area contributed by atoms with Gasteiger partial charge >= 0.3 is 0 Å². The summed E-state index contributed by atoms with van der Waals surface area (Å²) in [5, 5.41) is 3.89. The van der Waals surface area contributed by atoms with Crippen LogP contribution in [0.2, 0.25) is 10.0 Å². The van der Waals surface area contributed by atoms with Crippen molar-refractivity contribution in [1.29, 1.82) is 0 Å². The number of hydrogen-bond acceptors (Lipinski definition) is 2. The molecule has 20 heavy (non-hydrogen) atoms. The van der Waals surface area contributed by atoms with Crippen LogP contribution in [0.1, 0.15) is 45.2 Å². The molecule has 0 aromatic heterocycles. The van der Waals surface area contributed by atoms with Gasteiger partial charge < -0.3 is 10.1 Å². The van der Waals surface area contributed by atoms with Gasteiger partial charge in [0.15, 0.2) is 0 Å². The minimum atomic E-state index is -0.440. The molecular formula is C15H22Cl2FNO. The molecule has 0 aliphatic rings. The van der Waals surface area contributed by atoms with Gasteiger partial charge in [-0.3, -0.25) is 0 Å². The van der Waals surface area contributed by atoms with Gasteiger partial charge in [0.1, 0.15) is 5.82 Å². The lowest BCUT2D eigenvalue weighted by Crippen LogP contribution is -2.21. The van der Waals surface area contributed by atoms with E-state index in [2.05, 4.69) is 5.32 Å². The molecule has 0 aliphatic carbocycles. The van der Waals surface area contributed by atoms with Crippen LogP contribution in [-0.4, -0.2) is 19.3 Å². The van der Waals surface area contributed by atoms with Crippen LogP contribution >= 0.6 is 23.2 Å². The molecule has 1 aromatic carbocycles. The monoisotopic (exact) mass is 321 g/mol.